The first-order chi connectivity index (χ1) is 15.8. The van der Waals surface area contributed by atoms with E-state index in [1.165, 1.54) is 5.69 Å². The molecule has 4 aromatic rings. The van der Waals surface area contributed by atoms with E-state index in [9.17, 15) is 0 Å². The van der Waals surface area contributed by atoms with Crippen molar-refractivity contribution in [2.45, 2.75) is 0 Å². The number of nitrogens with zero attached hydrogens (tertiary/aromatic N) is 4. The minimum absolute atomic E-state index is 0.534. The molecule has 0 aliphatic carbocycles. The highest BCUT2D eigenvalue weighted by atomic mass is 16.6. The number of hydrogen-bond donors (Lipinski definition) is 1. The predicted octanol–water partition coefficient (Wildman–Crippen LogP) is 3.75. The predicted molar refractivity (Wildman–Crippen MR) is 122 cm³/mol. The summed E-state index contributed by atoms with van der Waals surface area (Å²) >= 11 is 0. The highest BCUT2D eigenvalue weighted by Crippen LogP contribution is 2.35. The summed E-state index contributed by atoms with van der Waals surface area (Å²) in [5.41, 5.74) is 5.03. The van der Waals surface area contributed by atoms with Gasteiger partial charge in [0.25, 0.3) is 0 Å². The van der Waals surface area contributed by atoms with Crippen molar-refractivity contribution in [3.05, 3.63) is 60.8 Å². The lowest BCUT2D eigenvalue weighted by Crippen LogP contribution is -2.36. The Bertz CT molecular complexity index is 1250. The van der Waals surface area contributed by atoms with Gasteiger partial charge in [-0.25, -0.2) is 9.50 Å². The van der Waals surface area contributed by atoms with Crippen molar-refractivity contribution < 1.29 is 14.2 Å². The summed E-state index contributed by atoms with van der Waals surface area (Å²) in [6.45, 7) is 4.53. The number of rotatable bonds is 4. The van der Waals surface area contributed by atoms with Crippen LogP contribution in [0.4, 0.5) is 17.3 Å². The molecule has 32 heavy (non-hydrogen) atoms. The number of aromatic nitrogens is 3. The first kappa shape index (κ1) is 18.9. The molecular formula is C24H23N5O3. The number of morpholine rings is 1. The van der Waals surface area contributed by atoms with Crippen LogP contribution in [-0.2, 0) is 4.74 Å². The van der Waals surface area contributed by atoms with E-state index in [0.717, 1.165) is 60.3 Å². The van der Waals surface area contributed by atoms with Gasteiger partial charge in [-0.1, -0.05) is 0 Å². The van der Waals surface area contributed by atoms with Crippen molar-refractivity contribution in [3.63, 3.8) is 0 Å². The summed E-state index contributed by atoms with van der Waals surface area (Å²) in [6, 6.07) is 18.3. The zero-order chi connectivity index (χ0) is 21.3. The molecule has 0 radical (unpaired) electrons. The van der Waals surface area contributed by atoms with E-state index in [1.807, 2.05) is 41.0 Å². The maximum Gasteiger partial charge on any atom is 0.245 e. The van der Waals surface area contributed by atoms with Crippen LogP contribution in [0.25, 0.3) is 16.8 Å². The van der Waals surface area contributed by atoms with Crippen LogP contribution in [0.5, 0.6) is 11.5 Å². The maximum atomic E-state index is 5.74. The van der Waals surface area contributed by atoms with Crippen LogP contribution in [-0.4, -0.2) is 54.1 Å². The Labute approximate surface area is 185 Å². The molecule has 0 unspecified atom stereocenters. The molecule has 0 spiro atoms. The molecule has 1 saturated heterocycles. The average molecular weight is 429 g/mol. The smallest absolute Gasteiger partial charge is 0.245 e. The van der Waals surface area contributed by atoms with E-state index < -0.39 is 0 Å². The van der Waals surface area contributed by atoms with E-state index in [0.29, 0.717) is 19.2 Å². The largest absolute Gasteiger partial charge is 0.486 e. The minimum atomic E-state index is 0.534. The topological polar surface area (TPSA) is 73.2 Å². The Morgan fingerprint density at radius 2 is 1.62 bits per heavy atom. The van der Waals surface area contributed by atoms with Crippen molar-refractivity contribution >= 4 is 22.8 Å². The highest BCUT2D eigenvalue weighted by molar-refractivity contribution is 5.69. The lowest BCUT2D eigenvalue weighted by molar-refractivity contribution is 0.122. The Kier molecular flexibility index (Phi) is 4.77. The quantitative estimate of drug-likeness (QED) is 0.530. The van der Waals surface area contributed by atoms with Crippen LogP contribution in [0.15, 0.2) is 60.8 Å². The van der Waals surface area contributed by atoms with Crippen LogP contribution < -0.4 is 19.7 Å². The molecule has 2 aliphatic rings. The van der Waals surface area contributed by atoms with E-state index in [-0.39, 0.29) is 0 Å². The SMILES string of the molecule is c1cc(N2CCOCC2)ccc1Nc1ncc2ccc(-c3ccc4c(c3)OCCO4)n2n1. The summed E-state index contributed by atoms with van der Waals surface area (Å²) < 4.78 is 18.7. The molecule has 2 aromatic carbocycles. The summed E-state index contributed by atoms with van der Waals surface area (Å²) in [5.74, 6) is 2.07. The monoisotopic (exact) mass is 429 g/mol. The van der Waals surface area contributed by atoms with Crippen molar-refractivity contribution in [3.8, 4) is 22.8 Å². The van der Waals surface area contributed by atoms with Crippen molar-refractivity contribution in [2.75, 3.05) is 49.7 Å². The number of ether oxygens (including phenoxy) is 3. The molecule has 2 aromatic heterocycles. The van der Waals surface area contributed by atoms with E-state index in [2.05, 4.69) is 39.5 Å². The molecule has 1 N–H and O–H groups in total. The number of benzene rings is 2. The van der Waals surface area contributed by atoms with Gasteiger partial charge < -0.3 is 24.4 Å². The zero-order valence-electron chi connectivity index (χ0n) is 17.5. The second-order valence-electron chi connectivity index (χ2n) is 7.77. The van der Waals surface area contributed by atoms with Gasteiger partial charge in [-0.3, -0.25) is 0 Å². The number of nitrogens with one attached hydrogen (secondary N) is 1. The van der Waals surface area contributed by atoms with E-state index in [4.69, 9.17) is 19.3 Å². The van der Waals surface area contributed by atoms with Gasteiger partial charge in [0.15, 0.2) is 11.5 Å². The van der Waals surface area contributed by atoms with E-state index >= 15 is 0 Å². The third-order valence-electron chi connectivity index (χ3n) is 5.74. The van der Waals surface area contributed by atoms with Crippen LogP contribution in [0.1, 0.15) is 0 Å². The van der Waals surface area contributed by atoms with Gasteiger partial charge in [0.05, 0.1) is 30.6 Å². The van der Waals surface area contributed by atoms with Gasteiger partial charge in [0.2, 0.25) is 5.95 Å². The van der Waals surface area contributed by atoms with E-state index in [1.54, 1.807) is 0 Å². The second-order valence-corrected chi connectivity index (χ2v) is 7.77. The molecular weight excluding hydrogens is 406 g/mol. The normalized spacial score (nSPS) is 15.7. The summed E-state index contributed by atoms with van der Waals surface area (Å²) in [7, 11) is 0. The lowest BCUT2D eigenvalue weighted by atomic mass is 10.1. The highest BCUT2D eigenvalue weighted by Gasteiger charge is 2.15. The van der Waals surface area contributed by atoms with Gasteiger partial charge in [0.1, 0.15) is 13.2 Å². The Morgan fingerprint density at radius 1 is 0.812 bits per heavy atom. The summed E-state index contributed by atoms with van der Waals surface area (Å²) in [4.78, 5) is 6.81. The molecule has 162 valence electrons. The molecule has 0 bridgehead atoms. The second kappa shape index (κ2) is 8.05. The fraction of sp³-hybridized carbons (Fsp3) is 0.250. The molecule has 4 heterocycles. The Hall–Kier alpha value is -3.78. The molecule has 0 atom stereocenters. The average Bonchev–Trinajstić information content (AvgIpc) is 3.28. The molecule has 8 heteroatoms. The van der Waals surface area contributed by atoms with Crippen LogP contribution in [0, 0.1) is 0 Å². The molecule has 8 nitrogen and oxygen atoms in total. The third-order valence-corrected chi connectivity index (χ3v) is 5.74. The number of hydrogen-bond acceptors (Lipinski definition) is 7. The molecule has 0 amide bonds. The van der Waals surface area contributed by atoms with Crippen molar-refractivity contribution in [2.24, 2.45) is 0 Å². The van der Waals surface area contributed by atoms with Crippen LogP contribution in [0.3, 0.4) is 0 Å². The fourth-order valence-electron chi connectivity index (χ4n) is 4.09. The van der Waals surface area contributed by atoms with Crippen LogP contribution >= 0.6 is 0 Å². The molecule has 0 saturated carbocycles. The Balaban J connectivity index is 1.26. The van der Waals surface area contributed by atoms with Gasteiger partial charge in [-0.15, -0.1) is 5.10 Å². The Morgan fingerprint density at radius 3 is 2.47 bits per heavy atom. The zero-order valence-corrected chi connectivity index (χ0v) is 17.5. The summed E-state index contributed by atoms with van der Waals surface area (Å²) in [5, 5.41) is 8.04. The third kappa shape index (κ3) is 3.58. The summed E-state index contributed by atoms with van der Waals surface area (Å²) in [6.07, 6.45) is 1.82. The molecule has 6 rings (SSSR count). The van der Waals surface area contributed by atoms with Gasteiger partial charge in [-0.05, 0) is 54.6 Å². The van der Waals surface area contributed by atoms with Gasteiger partial charge >= 0.3 is 0 Å². The number of anilines is 3. The first-order valence-corrected chi connectivity index (χ1v) is 10.8. The number of fused-ring (bicyclic) bond motifs is 2. The van der Waals surface area contributed by atoms with Crippen molar-refractivity contribution in [1.82, 2.24) is 14.6 Å². The van der Waals surface area contributed by atoms with Crippen molar-refractivity contribution in [1.29, 1.82) is 0 Å². The fourth-order valence-corrected chi connectivity index (χ4v) is 4.09. The molecule has 1 fully saturated rings. The lowest BCUT2D eigenvalue weighted by Gasteiger charge is -2.28. The first-order valence-electron chi connectivity index (χ1n) is 10.8. The van der Waals surface area contributed by atoms with Gasteiger partial charge in [0, 0.05) is 30.0 Å². The van der Waals surface area contributed by atoms with Crippen LogP contribution in [0.2, 0.25) is 0 Å². The minimum Gasteiger partial charge on any atom is -0.486 e. The van der Waals surface area contributed by atoms with Gasteiger partial charge in [-0.2, -0.15) is 0 Å². The maximum absolute atomic E-state index is 5.74. The standard InChI is InChI=1S/C24H23N5O3/c1-8-22-23(32-14-13-31-22)15-17(1)21-7-6-20-16-25-24(27-29(20)21)26-18-2-4-19(5-3-18)28-9-11-30-12-10-28/h1-8,15-16H,9-14H2,(H,26,27). The molecule has 2 aliphatic heterocycles.